The van der Waals surface area contributed by atoms with Crippen LogP contribution in [-0.4, -0.2) is 90.3 Å². The van der Waals surface area contributed by atoms with Gasteiger partial charge in [-0.15, -0.1) is 0 Å². The van der Waals surface area contributed by atoms with Crippen molar-refractivity contribution < 1.29 is 37.8 Å². The highest BCUT2D eigenvalue weighted by Gasteiger charge is 2.28. The van der Waals surface area contributed by atoms with Crippen LogP contribution in [0.4, 0.5) is 5.82 Å². The second-order valence-corrected chi connectivity index (χ2v) is 15.6. The Labute approximate surface area is 373 Å². The van der Waals surface area contributed by atoms with Crippen molar-refractivity contribution in [2.45, 2.75) is 80.6 Å². The third kappa shape index (κ3) is 14.4. The lowest BCUT2D eigenvalue weighted by Gasteiger charge is -2.23. The molecule has 0 spiro atoms. The van der Waals surface area contributed by atoms with E-state index in [1.165, 1.54) is 31.9 Å². The van der Waals surface area contributed by atoms with Crippen LogP contribution in [0.5, 0.6) is 5.75 Å². The van der Waals surface area contributed by atoms with Crippen molar-refractivity contribution in [1.82, 2.24) is 20.6 Å². The molecule has 5 atom stereocenters. The minimum Gasteiger partial charge on any atom is -0.490 e. The number of pyridine rings is 1. The standard InChI is InChI=1S/C42H50ClN11O8S/c1-23(51-37(55)33(48)5-3-15-44)41(57)61-21-30(62-42(58)24(2)52-38(56)34(49)6-4-16-45)20-59-29-13-9-25(10-14-29)35-31(17-46)36(50)54-40(32(35)18-47)63-22-28-19-60-39(53-28)26-7-11-27(43)12-8-26/h7-14,19,23-24,30,33-34H,3-6,15-16,20-22,44-45,48-49H2,1-2H3,(H2,50,54)(H,51,55)(H,52,56)/t23-,24?,30-,33-,34-/m0/s1. The highest BCUT2D eigenvalue weighted by atomic mass is 35.5. The van der Waals surface area contributed by atoms with Crippen molar-refractivity contribution in [2.24, 2.45) is 22.9 Å². The van der Waals surface area contributed by atoms with E-state index in [1.807, 2.05) is 6.07 Å². The van der Waals surface area contributed by atoms with Crippen molar-refractivity contribution in [3.05, 3.63) is 76.6 Å². The van der Waals surface area contributed by atoms with E-state index in [9.17, 15) is 29.7 Å². The number of oxazole rings is 1. The van der Waals surface area contributed by atoms with Gasteiger partial charge in [-0.3, -0.25) is 9.59 Å². The minimum atomic E-state index is -1.21. The third-order valence-corrected chi connectivity index (χ3v) is 10.5. The lowest BCUT2D eigenvalue weighted by Crippen LogP contribution is -2.49. The fourth-order valence-electron chi connectivity index (χ4n) is 5.72. The molecule has 0 bridgehead atoms. The van der Waals surface area contributed by atoms with Crippen molar-refractivity contribution in [2.75, 3.05) is 32.0 Å². The van der Waals surface area contributed by atoms with Gasteiger partial charge in [-0.05, 0) is 94.6 Å². The number of amides is 2. The van der Waals surface area contributed by atoms with Gasteiger partial charge in [-0.25, -0.2) is 19.6 Å². The number of aromatic nitrogens is 2. The molecule has 2 aromatic carbocycles. The molecule has 0 fully saturated rings. The predicted octanol–water partition coefficient (Wildman–Crippen LogP) is 2.65. The lowest BCUT2D eigenvalue weighted by atomic mass is 9.97. The van der Waals surface area contributed by atoms with Gasteiger partial charge in [-0.1, -0.05) is 35.5 Å². The first-order valence-electron chi connectivity index (χ1n) is 19.8. The maximum atomic E-state index is 13.1. The molecule has 0 radical (unpaired) electrons. The molecule has 63 heavy (non-hydrogen) atoms. The number of nitrogens with two attached hydrogens (primary N) is 5. The van der Waals surface area contributed by atoms with Crippen LogP contribution in [-0.2, 0) is 34.4 Å². The Morgan fingerprint density at radius 2 is 1.40 bits per heavy atom. The SMILES string of the molecule is CC(NC(=O)[C@@H](N)CCCN)C(=O)O[C@H](COC(=O)[C@H](C)NC(=O)[C@@H](N)CCCN)COc1ccc(-c2c(C#N)c(N)nc(SCc3coc(-c4ccc(Cl)cc4)n3)c2C#N)cc1. The average molecular weight is 904 g/mol. The van der Waals surface area contributed by atoms with Gasteiger partial charge in [0.2, 0.25) is 17.7 Å². The summed E-state index contributed by atoms with van der Waals surface area (Å²) >= 11 is 7.19. The predicted molar refractivity (Wildman–Crippen MR) is 234 cm³/mol. The van der Waals surface area contributed by atoms with Crippen molar-refractivity contribution in [3.8, 4) is 40.5 Å². The van der Waals surface area contributed by atoms with E-state index >= 15 is 0 Å². The summed E-state index contributed by atoms with van der Waals surface area (Å²) in [6, 6.07) is 13.5. The normalized spacial score (nSPS) is 13.3. The summed E-state index contributed by atoms with van der Waals surface area (Å²) in [6.45, 7) is 2.66. The van der Waals surface area contributed by atoms with Gasteiger partial charge in [0.05, 0.1) is 23.3 Å². The topological polar surface area (TPSA) is 337 Å². The first kappa shape index (κ1) is 49.4. The number of thioether (sulfide) groups is 1. The largest absolute Gasteiger partial charge is 0.490 e. The van der Waals surface area contributed by atoms with Crippen molar-refractivity contribution >= 4 is 52.9 Å². The third-order valence-electron chi connectivity index (χ3n) is 9.23. The summed E-state index contributed by atoms with van der Waals surface area (Å²) in [5, 5.41) is 26.2. The number of esters is 2. The zero-order chi connectivity index (χ0) is 46.1. The Morgan fingerprint density at radius 1 is 0.825 bits per heavy atom. The number of hydrogen-bond acceptors (Lipinski definition) is 18. The van der Waals surface area contributed by atoms with Gasteiger partial charge in [0.1, 0.15) is 65.9 Å². The maximum Gasteiger partial charge on any atom is 0.328 e. The summed E-state index contributed by atoms with van der Waals surface area (Å²) in [6.07, 6.45) is 1.94. The van der Waals surface area contributed by atoms with E-state index in [2.05, 4.69) is 26.7 Å². The molecule has 21 heteroatoms. The lowest BCUT2D eigenvalue weighted by molar-refractivity contribution is -0.163. The molecule has 0 aliphatic carbocycles. The minimum absolute atomic E-state index is 0.00525. The molecule has 334 valence electrons. The fraction of sp³-hybridized carbons (Fsp3) is 0.381. The summed E-state index contributed by atoms with van der Waals surface area (Å²) in [5.41, 5.74) is 31.1. The van der Waals surface area contributed by atoms with Crippen LogP contribution in [0.3, 0.4) is 0 Å². The zero-order valence-electron chi connectivity index (χ0n) is 34.7. The van der Waals surface area contributed by atoms with Gasteiger partial charge >= 0.3 is 11.9 Å². The van der Waals surface area contributed by atoms with E-state index in [4.69, 9.17) is 58.9 Å². The van der Waals surface area contributed by atoms with Crippen molar-refractivity contribution in [3.63, 3.8) is 0 Å². The molecule has 0 saturated carbocycles. The summed E-state index contributed by atoms with van der Waals surface area (Å²) in [7, 11) is 0. The first-order chi connectivity index (χ1) is 30.2. The van der Waals surface area contributed by atoms with Gasteiger partial charge in [0, 0.05) is 21.9 Å². The second-order valence-electron chi connectivity index (χ2n) is 14.2. The Kier molecular flexibility index (Phi) is 19.1. The maximum absolute atomic E-state index is 13.1. The van der Waals surface area contributed by atoms with Crippen molar-refractivity contribution in [1.29, 1.82) is 10.5 Å². The van der Waals surface area contributed by atoms with E-state index in [1.54, 1.807) is 48.5 Å². The van der Waals surface area contributed by atoms with Gasteiger partial charge in [-0.2, -0.15) is 10.5 Å². The number of nitriles is 2. The Hall–Kier alpha value is -6.26. The van der Waals surface area contributed by atoms with Gasteiger partial charge in [0.25, 0.3) is 0 Å². The van der Waals surface area contributed by atoms with Gasteiger partial charge in [0.15, 0.2) is 6.10 Å². The van der Waals surface area contributed by atoms with E-state index in [0.717, 1.165) is 5.56 Å². The number of hydrogen-bond donors (Lipinski definition) is 7. The zero-order valence-corrected chi connectivity index (χ0v) is 36.2. The summed E-state index contributed by atoms with van der Waals surface area (Å²) in [4.78, 5) is 59.9. The molecule has 4 rings (SSSR count). The molecule has 12 N–H and O–H groups in total. The summed E-state index contributed by atoms with van der Waals surface area (Å²) < 4.78 is 22.6. The summed E-state index contributed by atoms with van der Waals surface area (Å²) in [5.74, 6) is -2.03. The number of halogens is 1. The molecule has 1 unspecified atom stereocenters. The van der Waals surface area contributed by atoms with Crippen LogP contribution < -0.4 is 44.0 Å². The van der Waals surface area contributed by atoms with Crippen LogP contribution in [0.2, 0.25) is 5.02 Å². The number of nitrogen functional groups attached to an aromatic ring is 1. The van der Waals surface area contributed by atoms with Crippen LogP contribution in [0.25, 0.3) is 22.6 Å². The molecule has 2 heterocycles. The quantitative estimate of drug-likeness (QED) is 0.0415. The van der Waals surface area contributed by atoms with Crippen LogP contribution in [0.1, 0.15) is 56.4 Å². The highest BCUT2D eigenvalue weighted by molar-refractivity contribution is 7.98. The second kappa shape index (κ2) is 24.4. The molecule has 2 aromatic heterocycles. The number of benzene rings is 2. The Balaban J connectivity index is 1.49. The fourth-order valence-corrected chi connectivity index (χ4v) is 6.72. The first-order valence-corrected chi connectivity index (χ1v) is 21.1. The molecule has 4 aromatic rings. The molecule has 2 amide bonds. The average Bonchev–Trinajstić information content (AvgIpc) is 3.76. The number of carbonyl (C=O) groups is 4. The van der Waals surface area contributed by atoms with E-state index < -0.39 is 60.6 Å². The Bertz CT molecular complexity index is 2280. The van der Waals surface area contributed by atoms with Crippen LogP contribution >= 0.6 is 23.4 Å². The molecule has 0 aliphatic rings. The molecular weight excluding hydrogens is 854 g/mol. The number of anilines is 1. The van der Waals surface area contributed by atoms with Crippen LogP contribution in [0, 0.1) is 22.7 Å². The Morgan fingerprint density at radius 3 is 1.97 bits per heavy atom. The smallest absolute Gasteiger partial charge is 0.328 e. The number of carbonyl (C=O) groups excluding carboxylic acids is 4. The monoisotopic (exact) mass is 903 g/mol. The number of ether oxygens (including phenoxy) is 3. The highest BCUT2D eigenvalue weighted by Crippen LogP contribution is 2.37. The van der Waals surface area contributed by atoms with E-state index in [-0.39, 0.29) is 45.6 Å². The molecule has 0 saturated heterocycles. The number of rotatable bonds is 23. The number of nitrogens with one attached hydrogen (secondary N) is 2. The molecular formula is C42H50ClN11O8S. The number of nitrogens with zero attached hydrogens (tertiary/aromatic N) is 4. The molecule has 0 aliphatic heterocycles. The van der Waals surface area contributed by atoms with Gasteiger partial charge < -0.3 is 57.9 Å². The van der Waals surface area contributed by atoms with Crippen LogP contribution in [0.15, 0.2) is 64.2 Å². The van der Waals surface area contributed by atoms with E-state index in [0.29, 0.717) is 60.9 Å². The molecule has 19 nitrogen and oxygen atoms in total.